The highest BCUT2D eigenvalue weighted by Gasteiger charge is 2.17. The van der Waals surface area contributed by atoms with Gasteiger partial charge in [-0.2, -0.15) is 5.10 Å². The van der Waals surface area contributed by atoms with E-state index in [0.717, 1.165) is 11.3 Å². The number of halogens is 3. The van der Waals surface area contributed by atoms with Gasteiger partial charge < -0.3 is 5.32 Å². The summed E-state index contributed by atoms with van der Waals surface area (Å²) >= 11 is 5.87. The average Bonchev–Trinajstić information content (AvgIpc) is 3.01. The molecule has 8 heteroatoms. The molecule has 5 nitrogen and oxygen atoms in total. The van der Waals surface area contributed by atoms with Crippen molar-refractivity contribution in [2.24, 2.45) is 0 Å². The van der Waals surface area contributed by atoms with E-state index in [4.69, 9.17) is 11.6 Å². The third kappa shape index (κ3) is 3.99. The van der Waals surface area contributed by atoms with Crippen molar-refractivity contribution in [3.8, 4) is 11.3 Å². The monoisotopic (exact) mass is 377 g/mol. The summed E-state index contributed by atoms with van der Waals surface area (Å²) in [7, 11) is 0. The Hall–Kier alpha value is -2.54. The summed E-state index contributed by atoms with van der Waals surface area (Å²) in [5, 5.41) is 7.89. The number of hydrogen-bond donors (Lipinski definition) is 1. The highest BCUT2D eigenvalue weighted by molar-refractivity contribution is 6.30. The normalized spacial score (nSPS) is 11.2. The second-order valence-corrected chi connectivity index (χ2v) is 6.18. The number of benzene rings is 1. The summed E-state index contributed by atoms with van der Waals surface area (Å²) < 4.78 is 28.3. The van der Waals surface area contributed by atoms with E-state index in [-0.39, 0.29) is 11.6 Å². The highest BCUT2D eigenvalue weighted by atomic mass is 35.5. The van der Waals surface area contributed by atoms with Crippen LogP contribution in [0.25, 0.3) is 11.3 Å². The highest BCUT2D eigenvalue weighted by Crippen LogP contribution is 2.27. The van der Waals surface area contributed by atoms with Crippen molar-refractivity contribution in [1.82, 2.24) is 19.7 Å². The van der Waals surface area contributed by atoms with Crippen LogP contribution >= 0.6 is 11.6 Å². The fraction of sp³-hybridized carbons (Fsp3) is 0.278. The second-order valence-electron chi connectivity index (χ2n) is 5.74. The third-order valence-corrected chi connectivity index (χ3v) is 4.26. The quantitative estimate of drug-likeness (QED) is 0.665. The van der Waals surface area contributed by atoms with Gasteiger partial charge in [0.25, 0.3) is 6.43 Å². The molecule has 1 aromatic carbocycles. The van der Waals surface area contributed by atoms with Gasteiger partial charge in [-0.05, 0) is 37.6 Å². The maximum Gasteiger partial charge on any atom is 0.280 e. The van der Waals surface area contributed by atoms with Crippen molar-refractivity contribution in [3.05, 3.63) is 58.5 Å². The lowest BCUT2D eigenvalue weighted by Crippen LogP contribution is -2.07. The van der Waals surface area contributed by atoms with Gasteiger partial charge in [0.15, 0.2) is 0 Å². The first kappa shape index (κ1) is 18.3. The first-order valence-electron chi connectivity index (χ1n) is 8.16. The summed E-state index contributed by atoms with van der Waals surface area (Å²) in [6.07, 6.45) is -1.05. The fourth-order valence-corrected chi connectivity index (χ4v) is 2.72. The topological polar surface area (TPSA) is 55.6 Å². The number of rotatable bonds is 6. The summed E-state index contributed by atoms with van der Waals surface area (Å²) in [6, 6.07) is 8.54. The Morgan fingerprint density at radius 2 is 1.92 bits per heavy atom. The molecular weight excluding hydrogens is 360 g/mol. The molecule has 0 fully saturated rings. The molecule has 0 spiro atoms. The molecule has 0 saturated heterocycles. The molecule has 0 atom stereocenters. The number of aryl methyl sites for hydroxylation is 1. The molecular formula is C18H18ClF2N5. The van der Waals surface area contributed by atoms with E-state index in [1.54, 1.807) is 23.0 Å². The van der Waals surface area contributed by atoms with E-state index in [0.29, 0.717) is 29.4 Å². The Morgan fingerprint density at radius 3 is 2.54 bits per heavy atom. The third-order valence-electron chi connectivity index (χ3n) is 4.01. The Morgan fingerprint density at radius 1 is 1.19 bits per heavy atom. The summed E-state index contributed by atoms with van der Waals surface area (Å²) in [5.74, 6) is 0.149. The lowest BCUT2D eigenvalue weighted by molar-refractivity contribution is 0.146. The van der Waals surface area contributed by atoms with E-state index in [1.807, 2.05) is 26.0 Å². The Balaban J connectivity index is 1.90. The van der Waals surface area contributed by atoms with E-state index in [1.165, 1.54) is 6.07 Å². The number of nitrogens with zero attached hydrogens (tertiary/aromatic N) is 4. The zero-order valence-corrected chi connectivity index (χ0v) is 15.1. The molecule has 0 amide bonds. The molecule has 136 valence electrons. The maximum atomic E-state index is 13.3. The zero-order valence-electron chi connectivity index (χ0n) is 14.4. The van der Waals surface area contributed by atoms with Crippen LogP contribution in [0.2, 0.25) is 5.02 Å². The van der Waals surface area contributed by atoms with Gasteiger partial charge in [0.05, 0.1) is 11.9 Å². The first-order valence-corrected chi connectivity index (χ1v) is 8.54. The van der Waals surface area contributed by atoms with Crippen LogP contribution in [0, 0.1) is 6.92 Å². The van der Waals surface area contributed by atoms with Gasteiger partial charge in [-0.15, -0.1) is 0 Å². The standard InChI is InChI=1S/C18H18ClF2N5/c1-3-26-11(2)14(10-23-26)15-8-16(17(20)21)25-18(24-15)22-9-12-4-6-13(19)7-5-12/h4-8,10,17H,3,9H2,1-2H3,(H,22,24,25). The molecule has 0 unspecified atom stereocenters. The molecule has 0 radical (unpaired) electrons. The van der Waals surface area contributed by atoms with Crippen LogP contribution in [0.5, 0.6) is 0 Å². The van der Waals surface area contributed by atoms with Gasteiger partial charge in [0, 0.05) is 29.4 Å². The average molecular weight is 378 g/mol. The lowest BCUT2D eigenvalue weighted by Gasteiger charge is -2.10. The molecule has 0 aliphatic rings. The largest absolute Gasteiger partial charge is 0.350 e. The van der Waals surface area contributed by atoms with Crippen molar-refractivity contribution >= 4 is 17.5 Å². The van der Waals surface area contributed by atoms with Gasteiger partial charge in [-0.3, -0.25) is 4.68 Å². The van der Waals surface area contributed by atoms with Crippen molar-refractivity contribution in [2.45, 2.75) is 33.4 Å². The van der Waals surface area contributed by atoms with Gasteiger partial charge in [0.2, 0.25) is 5.95 Å². The van der Waals surface area contributed by atoms with E-state index < -0.39 is 6.43 Å². The zero-order chi connectivity index (χ0) is 18.7. The minimum Gasteiger partial charge on any atom is -0.350 e. The minimum atomic E-state index is -2.69. The predicted octanol–water partition coefficient (Wildman–Crippen LogP) is 4.87. The van der Waals surface area contributed by atoms with Crippen LogP contribution in [-0.2, 0) is 13.1 Å². The van der Waals surface area contributed by atoms with Crippen LogP contribution in [0.4, 0.5) is 14.7 Å². The summed E-state index contributed by atoms with van der Waals surface area (Å²) in [6.45, 7) is 4.95. The van der Waals surface area contributed by atoms with Crippen LogP contribution in [-0.4, -0.2) is 19.7 Å². The summed E-state index contributed by atoms with van der Waals surface area (Å²) in [5.41, 5.74) is 2.63. The van der Waals surface area contributed by atoms with Gasteiger partial charge >= 0.3 is 0 Å². The van der Waals surface area contributed by atoms with Crippen LogP contribution < -0.4 is 5.32 Å². The number of alkyl halides is 2. The molecule has 3 aromatic rings. The molecule has 0 aliphatic carbocycles. The maximum absolute atomic E-state index is 13.3. The van der Waals surface area contributed by atoms with Crippen LogP contribution in [0.3, 0.4) is 0 Å². The smallest absolute Gasteiger partial charge is 0.280 e. The molecule has 26 heavy (non-hydrogen) atoms. The van der Waals surface area contributed by atoms with Crippen molar-refractivity contribution < 1.29 is 8.78 Å². The Bertz CT molecular complexity index is 893. The minimum absolute atomic E-state index is 0.149. The van der Waals surface area contributed by atoms with E-state index >= 15 is 0 Å². The van der Waals surface area contributed by atoms with E-state index in [2.05, 4.69) is 20.4 Å². The predicted molar refractivity (Wildman–Crippen MR) is 97.4 cm³/mol. The first-order chi connectivity index (χ1) is 12.5. The molecule has 0 saturated carbocycles. The van der Waals surface area contributed by atoms with E-state index in [9.17, 15) is 8.78 Å². The Kier molecular flexibility index (Phi) is 5.46. The van der Waals surface area contributed by atoms with Gasteiger partial charge in [-0.25, -0.2) is 18.7 Å². The molecule has 2 aromatic heterocycles. The van der Waals surface area contributed by atoms with Crippen molar-refractivity contribution in [2.75, 3.05) is 5.32 Å². The number of hydrogen-bond acceptors (Lipinski definition) is 4. The lowest BCUT2D eigenvalue weighted by atomic mass is 10.1. The fourth-order valence-electron chi connectivity index (χ4n) is 2.59. The van der Waals surface area contributed by atoms with Crippen molar-refractivity contribution in [1.29, 1.82) is 0 Å². The molecule has 0 bridgehead atoms. The number of aromatic nitrogens is 4. The van der Waals surface area contributed by atoms with Crippen molar-refractivity contribution in [3.63, 3.8) is 0 Å². The molecule has 3 rings (SSSR count). The SMILES string of the molecule is CCn1ncc(-c2cc(C(F)F)nc(NCc3ccc(Cl)cc3)n2)c1C. The molecule has 0 aliphatic heterocycles. The number of anilines is 1. The van der Waals surface area contributed by atoms with Crippen LogP contribution in [0.1, 0.15) is 30.3 Å². The second kappa shape index (κ2) is 7.78. The number of nitrogens with one attached hydrogen (secondary N) is 1. The summed E-state index contributed by atoms with van der Waals surface area (Å²) in [4.78, 5) is 8.31. The Labute approximate surface area is 155 Å². The van der Waals surface area contributed by atoms with Gasteiger partial charge in [-0.1, -0.05) is 23.7 Å². The van der Waals surface area contributed by atoms with Gasteiger partial charge in [0.1, 0.15) is 5.69 Å². The van der Waals surface area contributed by atoms with Crippen LogP contribution in [0.15, 0.2) is 36.5 Å². The molecule has 2 heterocycles. The molecule has 1 N–H and O–H groups in total.